The lowest BCUT2D eigenvalue weighted by molar-refractivity contribution is -0.119. The zero-order valence-electron chi connectivity index (χ0n) is 18.6. The van der Waals surface area contributed by atoms with E-state index in [2.05, 4.69) is 17.4 Å². The Kier molecular flexibility index (Phi) is 8.83. The van der Waals surface area contributed by atoms with Crippen molar-refractivity contribution in [1.82, 2.24) is 5.32 Å². The number of rotatable bonds is 10. The molecule has 0 radical (unpaired) electrons. The van der Waals surface area contributed by atoms with Gasteiger partial charge in [-0.2, -0.15) is 11.8 Å². The Morgan fingerprint density at radius 3 is 2.36 bits per heavy atom. The average molecular weight is 503 g/mol. The molecule has 0 saturated heterocycles. The van der Waals surface area contributed by atoms with E-state index < -0.39 is 10.0 Å². The van der Waals surface area contributed by atoms with E-state index in [-0.39, 0.29) is 17.3 Å². The van der Waals surface area contributed by atoms with Crippen LogP contribution in [-0.4, -0.2) is 33.2 Å². The molecule has 0 aromatic heterocycles. The molecule has 0 heterocycles. The quantitative estimate of drug-likeness (QED) is 0.387. The summed E-state index contributed by atoms with van der Waals surface area (Å²) in [5.41, 5.74) is 3.16. The second-order valence-electron chi connectivity index (χ2n) is 7.60. The van der Waals surface area contributed by atoms with Gasteiger partial charge in [0.25, 0.3) is 10.0 Å². The SMILES string of the molecule is Cc1ccc(S(=O)(=O)N(CC(=O)NCCSCc2ccccc2)c2cccc(Cl)c2C)cc1. The molecule has 0 unspecified atom stereocenters. The predicted octanol–water partition coefficient (Wildman–Crippen LogP) is 5.20. The molecule has 3 rings (SSSR count). The number of aryl methyl sites for hydroxylation is 1. The van der Waals surface area contributed by atoms with Crippen molar-refractivity contribution in [2.24, 2.45) is 0 Å². The summed E-state index contributed by atoms with van der Waals surface area (Å²) >= 11 is 7.96. The van der Waals surface area contributed by atoms with E-state index in [0.29, 0.717) is 22.8 Å². The molecule has 0 saturated carbocycles. The minimum atomic E-state index is -3.97. The summed E-state index contributed by atoms with van der Waals surface area (Å²) in [5, 5.41) is 3.28. The van der Waals surface area contributed by atoms with Gasteiger partial charge in [0, 0.05) is 23.1 Å². The number of thioether (sulfide) groups is 1. The summed E-state index contributed by atoms with van der Waals surface area (Å²) in [7, 11) is -3.97. The molecular formula is C25H27ClN2O3S2. The van der Waals surface area contributed by atoms with E-state index >= 15 is 0 Å². The first-order chi connectivity index (χ1) is 15.8. The number of halogens is 1. The highest BCUT2D eigenvalue weighted by Crippen LogP contribution is 2.30. The molecule has 0 spiro atoms. The number of hydrogen-bond donors (Lipinski definition) is 1. The number of carbonyl (C=O) groups excluding carboxylic acids is 1. The molecule has 3 aromatic carbocycles. The smallest absolute Gasteiger partial charge is 0.264 e. The summed E-state index contributed by atoms with van der Waals surface area (Å²) in [6, 6.07) is 21.7. The molecule has 8 heteroatoms. The van der Waals surface area contributed by atoms with E-state index in [0.717, 1.165) is 21.4 Å². The topological polar surface area (TPSA) is 66.5 Å². The monoisotopic (exact) mass is 502 g/mol. The van der Waals surface area contributed by atoms with E-state index in [1.54, 1.807) is 61.2 Å². The third-order valence-corrected chi connectivity index (χ3v) is 8.30. The molecule has 0 fully saturated rings. The Bertz CT molecular complexity index is 1180. The fourth-order valence-corrected chi connectivity index (χ4v) is 5.68. The number of sulfonamides is 1. The third kappa shape index (κ3) is 6.76. The molecule has 3 aromatic rings. The Morgan fingerprint density at radius 1 is 0.970 bits per heavy atom. The van der Waals surface area contributed by atoms with Crippen molar-refractivity contribution >= 4 is 45.0 Å². The maximum Gasteiger partial charge on any atom is 0.264 e. The normalized spacial score (nSPS) is 11.2. The fourth-order valence-electron chi connectivity index (χ4n) is 3.22. The molecule has 0 aliphatic carbocycles. The number of hydrogen-bond acceptors (Lipinski definition) is 4. The first-order valence-corrected chi connectivity index (χ1v) is 13.5. The van der Waals surface area contributed by atoms with E-state index in [9.17, 15) is 13.2 Å². The van der Waals surface area contributed by atoms with Crippen LogP contribution in [0, 0.1) is 13.8 Å². The summed E-state index contributed by atoms with van der Waals surface area (Å²) in [5.74, 6) is 1.21. The average Bonchev–Trinajstić information content (AvgIpc) is 2.80. The van der Waals surface area contributed by atoms with Crippen molar-refractivity contribution in [2.45, 2.75) is 24.5 Å². The largest absolute Gasteiger partial charge is 0.354 e. The maximum atomic E-state index is 13.5. The van der Waals surface area contributed by atoms with Crippen LogP contribution >= 0.6 is 23.4 Å². The van der Waals surface area contributed by atoms with E-state index in [1.807, 2.05) is 25.1 Å². The van der Waals surface area contributed by atoms with Gasteiger partial charge in [0.15, 0.2) is 0 Å². The highest BCUT2D eigenvalue weighted by Gasteiger charge is 2.28. The first kappa shape index (κ1) is 25.1. The van der Waals surface area contributed by atoms with Crippen LogP contribution in [0.25, 0.3) is 0 Å². The van der Waals surface area contributed by atoms with Crippen LogP contribution in [0.3, 0.4) is 0 Å². The second kappa shape index (κ2) is 11.6. The first-order valence-electron chi connectivity index (χ1n) is 10.5. The van der Waals surface area contributed by atoms with Crippen molar-refractivity contribution in [3.05, 3.63) is 94.5 Å². The molecule has 33 heavy (non-hydrogen) atoms. The van der Waals surface area contributed by atoms with Crippen LogP contribution in [0.5, 0.6) is 0 Å². The van der Waals surface area contributed by atoms with Gasteiger partial charge < -0.3 is 5.32 Å². The van der Waals surface area contributed by atoms with Crippen molar-refractivity contribution in [1.29, 1.82) is 0 Å². The van der Waals surface area contributed by atoms with Crippen LogP contribution in [0.1, 0.15) is 16.7 Å². The number of nitrogens with one attached hydrogen (secondary N) is 1. The molecule has 174 valence electrons. The Balaban J connectivity index is 1.71. The number of benzene rings is 3. The number of carbonyl (C=O) groups is 1. The van der Waals surface area contributed by atoms with Crippen molar-refractivity contribution < 1.29 is 13.2 Å². The Labute approximate surface area is 205 Å². The lowest BCUT2D eigenvalue weighted by atomic mass is 10.2. The highest BCUT2D eigenvalue weighted by atomic mass is 35.5. The highest BCUT2D eigenvalue weighted by molar-refractivity contribution is 7.98. The van der Waals surface area contributed by atoms with Gasteiger partial charge in [-0.15, -0.1) is 0 Å². The van der Waals surface area contributed by atoms with Crippen molar-refractivity contribution in [3.8, 4) is 0 Å². The molecule has 0 atom stereocenters. The Hall–Kier alpha value is -2.48. The van der Waals surface area contributed by atoms with Crippen LogP contribution < -0.4 is 9.62 Å². The lowest BCUT2D eigenvalue weighted by Crippen LogP contribution is -2.41. The van der Waals surface area contributed by atoms with Crippen LogP contribution in [0.2, 0.25) is 5.02 Å². The van der Waals surface area contributed by atoms with Gasteiger partial charge in [0.1, 0.15) is 6.54 Å². The molecule has 0 aliphatic heterocycles. The third-order valence-electron chi connectivity index (χ3n) is 5.08. The van der Waals surface area contributed by atoms with Gasteiger partial charge in [-0.1, -0.05) is 65.7 Å². The molecular weight excluding hydrogens is 476 g/mol. The lowest BCUT2D eigenvalue weighted by Gasteiger charge is -2.26. The zero-order chi connectivity index (χ0) is 23.8. The minimum absolute atomic E-state index is 0.124. The van der Waals surface area contributed by atoms with Crippen LogP contribution in [-0.2, 0) is 20.6 Å². The number of anilines is 1. The van der Waals surface area contributed by atoms with Gasteiger partial charge >= 0.3 is 0 Å². The van der Waals surface area contributed by atoms with Crippen molar-refractivity contribution in [3.63, 3.8) is 0 Å². The molecule has 5 nitrogen and oxygen atoms in total. The van der Waals surface area contributed by atoms with E-state index in [4.69, 9.17) is 11.6 Å². The van der Waals surface area contributed by atoms with E-state index in [1.165, 1.54) is 5.56 Å². The minimum Gasteiger partial charge on any atom is -0.354 e. The molecule has 0 bridgehead atoms. The van der Waals surface area contributed by atoms with Crippen LogP contribution in [0.15, 0.2) is 77.7 Å². The molecule has 1 N–H and O–H groups in total. The maximum absolute atomic E-state index is 13.5. The second-order valence-corrected chi connectivity index (χ2v) is 11.0. The number of nitrogens with zero attached hydrogens (tertiary/aromatic N) is 1. The summed E-state index contributed by atoms with van der Waals surface area (Å²) in [4.78, 5) is 12.9. The zero-order valence-corrected chi connectivity index (χ0v) is 21.0. The Morgan fingerprint density at radius 2 is 1.67 bits per heavy atom. The summed E-state index contributed by atoms with van der Waals surface area (Å²) in [6.45, 7) is 3.75. The summed E-state index contributed by atoms with van der Waals surface area (Å²) in [6.07, 6.45) is 0. The number of amides is 1. The van der Waals surface area contributed by atoms with Crippen molar-refractivity contribution in [2.75, 3.05) is 23.1 Å². The van der Waals surface area contributed by atoms with Gasteiger partial charge in [-0.3, -0.25) is 9.10 Å². The van der Waals surface area contributed by atoms with Gasteiger partial charge in [-0.05, 0) is 49.2 Å². The van der Waals surface area contributed by atoms with Crippen LogP contribution in [0.4, 0.5) is 5.69 Å². The molecule has 0 aliphatic rings. The van der Waals surface area contributed by atoms with Gasteiger partial charge in [0.2, 0.25) is 5.91 Å². The van der Waals surface area contributed by atoms with Gasteiger partial charge in [-0.25, -0.2) is 8.42 Å². The predicted molar refractivity (Wildman–Crippen MR) is 138 cm³/mol. The summed E-state index contributed by atoms with van der Waals surface area (Å²) < 4.78 is 28.1. The molecule has 1 amide bonds. The fraction of sp³-hybridized carbons (Fsp3) is 0.240. The van der Waals surface area contributed by atoms with Gasteiger partial charge in [0.05, 0.1) is 10.6 Å². The standard InChI is InChI=1S/C25H27ClN2O3S2/c1-19-11-13-22(14-12-19)33(30,31)28(24-10-6-9-23(26)20(24)2)17-25(29)27-15-16-32-18-21-7-4-3-5-8-21/h3-14H,15-18H2,1-2H3,(H,27,29).